The number of hydrogen-bond donors (Lipinski definition) is 1. The van der Waals surface area contributed by atoms with Gasteiger partial charge in [-0.05, 0) is 26.3 Å². The Morgan fingerprint density at radius 1 is 1.48 bits per heavy atom. The van der Waals surface area contributed by atoms with E-state index < -0.39 is 0 Å². The van der Waals surface area contributed by atoms with Crippen molar-refractivity contribution in [2.45, 2.75) is 26.4 Å². The van der Waals surface area contributed by atoms with Gasteiger partial charge in [0.05, 0.1) is 23.4 Å². The van der Waals surface area contributed by atoms with Crippen LogP contribution >= 0.6 is 0 Å². The molecule has 0 saturated carbocycles. The summed E-state index contributed by atoms with van der Waals surface area (Å²) in [4.78, 5) is 14.3. The lowest BCUT2D eigenvalue weighted by atomic mass is 9.96. The van der Waals surface area contributed by atoms with Crippen LogP contribution in [0.4, 0.5) is 11.5 Å². The molecule has 1 aliphatic rings. The first-order chi connectivity index (χ1) is 9.90. The van der Waals surface area contributed by atoms with Crippen molar-refractivity contribution in [2.75, 3.05) is 30.9 Å². The molecule has 0 aromatic carbocycles. The second-order valence-corrected chi connectivity index (χ2v) is 5.64. The molecule has 1 aromatic heterocycles. The van der Waals surface area contributed by atoms with Gasteiger partial charge in [0.25, 0.3) is 0 Å². The largest absolute Gasteiger partial charge is 0.373 e. The Hall–Kier alpha value is -1.95. The summed E-state index contributed by atoms with van der Waals surface area (Å²) in [5.41, 5.74) is 2.31. The van der Waals surface area contributed by atoms with Crippen molar-refractivity contribution in [1.82, 2.24) is 10.2 Å². The molecule has 1 fully saturated rings. The number of carbonyl (C=O) groups is 1. The first-order valence-electron chi connectivity index (χ1n) is 6.99. The van der Waals surface area contributed by atoms with E-state index >= 15 is 0 Å². The van der Waals surface area contributed by atoms with Crippen LogP contribution in [0.3, 0.4) is 0 Å². The number of hydrogen-bond acceptors (Lipinski definition) is 5. The van der Waals surface area contributed by atoms with Crippen LogP contribution < -0.4 is 10.2 Å². The van der Waals surface area contributed by atoms with Crippen molar-refractivity contribution in [3.8, 4) is 0 Å². The highest BCUT2D eigenvalue weighted by atomic mass is 16.5. The first-order valence-corrected chi connectivity index (χ1v) is 6.99. The average Bonchev–Trinajstić information content (AvgIpc) is 2.87. The van der Waals surface area contributed by atoms with Gasteiger partial charge in [-0.1, -0.05) is 12.2 Å². The van der Waals surface area contributed by atoms with Crippen molar-refractivity contribution in [3.63, 3.8) is 0 Å². The minimum Gasteiger partial charge on any atom is -0.373 e. The molecule has 1 aromatic rings. The van der Waals surface area contributed by atoms with E-state index in [0.29, 0.717) is 24.5 Å². The topological polar surface area (TPSA) is 67.3 Å². The van der Waals surface area contributed by atoms with Gasteiger partial charge in [0.2, 0.25) is 5.91 Å². The standard InChI is InChI=1S/C15H22N4O2/c1-9(2)13-11(6-7-21-13)15(20)16-12-8-10(3)17-18-14(12)19(4)5/h8,11,13H,1,6-7H2,2-5H3,(H,16,17,20)/t11-,13-/m1/s1. The molecule has 1 amide bonds. The first kappa shape index (κ1) is 15.4. The minimum atomic E-state index is -0.205. The minimum absolute atomic E-state index is 0.0593. The van der Waals surface area contributed by atoms with Crippen molar-refractivity contribution in [1.29, 1.82) is 0 Å². The van der Waals surface area contributed by atoms with E-state index in [9.17, 15) is 4.79 Å². The number of rotatable bonds is 4. The smallest absolute Gasteiger partial charge is 0.230 e. The molecule has 0 bridgehead atoms. The maximum absolute atomic E-state index is 12.5. The van der Waals surface area contributed by atoms with Crippen molar-refractivity contribution in [2.24, 2.45) is 5.92 Å². The number of aromatic nitrogens is 2. The number of nitrogens with zero attached hydrogens (tertiary/aromatic N) is 3. The maximum atomic E-state index is 12.5. The lowest BCUT2D eigenvalue weighted by Crippen LogP contribution is -2.31. The molecular formula is C15H22N4O2. The molecule has 2 rings (SSSR count). The summed E-state index contributed by atoms with van der Waals surface area (Å²) in [6.07, 6.45) is 0.502. The second-order valence-electron chi connectivity index (χ2n) is 5.64. The molecule has 1 saturated heterocycles. The van der Waals surface area contributed by atoms with Crippen LogP contribution in [0.1, 0.15) is 19.0 Å². The Morgan fingerprint density at radius 3 is 2.81 bits per heavy atom. The lowest BCUT2D eigenvalue weighted by Gasteiger charge is -2.20. The molecule has 2 atom stereocenters. The Balaban J connectivity index is 2.19. The van der Waals surface area contributed by atoms with E-state index in [4.69, 9.17) is 4.74 Å². The highest BCUT2D eigenvalue weighted by Gasteiger charge is 2.34. The zero-order valence-corrected chi connectivity index (χ0v) is 13.0. The van der Waals surface area contributed by atoms with Gasteiger partial charge in [0.15, 0.2) is 5.82 Å². The molecule has 1 N–H and O–H groups in total. The summed E-state index contributed by atoms with van der Waals surface area (Å²) < 4.78 is 5.59. The normalized spacial score (nSPS) is 21.1. The number of ether oxygens (including phenoxy) is 1. The quantitative estimate of drug-likeness (QED) is 0.856. The average molecular weight is 290 g/mol. The molecule has 2 heterocycles. The van der Waals surface area contributed by atoms with Gasteiger partial charge >= 0.3 is 0 Å². The van der Waals surface area contributed by atoms with Crippen LogP contribution in [-0.4, -0.2) is 42.9 Å². The Bertz CT molecular complexity index is 557. The fraction of sp³-hybridized carbons (Fsp3) is 0.533. The number of amides is 1. The monoisotopic (exact) mass is 290 g/mol. The van der Waals surface area contributed by atoms with Crippen LogP contribution in [0.15, 0.2) is 18.2 Å². The summed E-state index contributed by atoms with van der Waals surface area (Å²) in [6.45, 7) is 8.22. The summed E-state index contributed by atoms with van der Waals surface area (Å²) in [6, 6.07) is 1.83. The Kier molecular flexibility index (Phi) is 4.57. The Labute approximate surface area is 125 Å². The van der Waals surface area contributed by atoms with Gasteiger partial charge in [-0.2, -0.15) is 5.10 Å². The zero-order chi connectivity index (χ0) is 15.6. The third kappa shape index (κ3) is 3.39. The molecule has 0 aliphatic carbocycles. The van der Waals surface area contributed by atoms with Crippen molar-refractivity contribution >= 4 is 17.4 Å². The molecule has 114 valence electrons. The number of anilines is 2. The zero-order valence-electron chi connectivity index (χ0n) is 13.0. The number of aryl methyl sites for hydroxylation is 1. The van der Waals surface area contributed by atoms with Gasteiger partial charge in [-0.25, -0.2) is 0 Å². The fourth-order valence-corrected chi connectivity index (χ4v) is 2.47. The van der Waals surface area contributed by atoms with Gasteiger partial charge in [-0.15, -0.1) is 5.10 Å². The molecule has 0 unspecified atom stereocenters. The fourth-order valence-electron chi connectivity index (χ4n) is 2.47. The SMILES string of the molecule is C=C(C)[C@H]1OCC[C@H]1C(=O)Nc1cc(C)nnc1N(C)C. The van der Waals surface area contributed by atoms with E-state index in [1.54, 1.807) is 0 Å². The summed E-state index contributed by atoms with van der Waals surface area (Å²) in [5, 5.41) is 11.1. The molecular weight excluding hydrogens is 268 g/mol. The number of nitrogens with one attached hydrogen (secondary N) is 1. The van der Waals surface area contributed by atoms with Gasteiger partial charge in [0, 0.05) is 20.7 Å². The summed E-state index contributed by atoms with van der Waals surface area (Å²) in [5.74, 6) is 0.377. The van der Waals surface area contributed by atoms with Gasteiger partial charge in [0.1, 0.15) is 0 Å². The van der Waals surface area contributed by atoms with Crippen LogP contribution in [-0.2, 0) is 9.53 Å². The highest BCUT2D eigenvalue weighted by molar-refractivity contribution is 5.95. The van der Waals surface area contributed by atoms with Crippen LogP contribution in [0, 0.1) is 12.8 Å². The maximum Gasteiger partial charge on any atom is 0.230 e. The molecule has 0 spiro atoms. The van der Waals surface area contributed by atoms with E-state index in [2.05, 4.69) is 22.1 Å². The molecule has 6 nitrogen and oxygen atoms in total. The predicted molar refractivity (Wildman–Crippen MR) is 82.4 cm³/mol. The van der Waals surface area contributed by atoms with Gasteiger partial charge < -0.3 is 15.0 Å². The summed E-state index contributed by atoms with van der Waals surface area (Å²) in [7, 11) is 3.73. The van der Waals surface area contributed by atoms with Crippen LogP contribution in [0.25, 0.3) is 0 Å². The van der Waals surface area contributed by atoms with E-state index in [0.717, 1.165) is 11.3 Å². The third-order valence-electron chi connectivity index (χ3n) is 3.49. The predicted octanol–water partition coefficient (Wildman–Crippen LogP) is 1.77. The van der Waals surface area contributed by atoms with Crippen molar-refractivity contribution in [3.05, 3.63) is 23.9 Å². The number of carbonyl (C=O) groups excluding carboxylic acids is 1. The van der Waals surface area contributed by atoms with Gasteiger partial charge in [-0.3, -0.25) is 4.79 Å². The second kappa shape index (κ2) is 6.22. The lowest BCUT2D eigenvalue weighted by molar-refractivity contribution is -0.120. The van der Waals surface area contributed by atoms with E-state index in [1.165, 1.54) is 0 Å². The molecule has 0 radical (unpaired) electrons. The summed E-state index contributed by atoms with van der Waals surface area (Å²) >= 11 is 0. The van der Waals surface area contributed by atoms with E-state index in [-0.39, 0.29) is 17.9 Å². The molecule has 1 aliphatic heterocycles. The van der Waals surface area contributed by atoms with Crippen LogP contribution in [0.5, 0.6) is 0 Å². The van der Waals surface area contributed by atoms with Crippen molar-refractivity contribution < 1.29 is 9.53 Å². The molecule has 6 heteroatoms. The molecule has 21 heavy (non-hydrogen) atoms. The van der Waals surface area contributed by atoms with E-state index in [1.807, 2.05) is 38.9 Å². The highest BCUT2D eigenvalue weighted by Crippen LogP contribution is 2.28. The van der Waals surface area contributed by atoms with Crippen LogP contribution in [0.2, 0.25) is 0 Å². The Morgan fingerprint density at radius 2 is 2.19 bits per heavy atom. The third-order valence-corrected chi connectivity index (χ3v) is 3.49.